The van der Waals surface area contributed by atoms with Gasteiger partial charge in [0.15, 0.2) is 0 Å². The highest BCUT2D eigenvalue weighted by atomic mass is 16.5. The molecular weight excluding hydrogens is 254 g/mol. The van der Waals surface area contributed by atoms with Gasteiger partial charge in [-0.05, 0) is 51.0 Å². The fourth-order valence-electron chi connectivity index (χ4n) is 2.77. The van der Waals surface area contributed by atoms with Gasteiger partial charge in [-0.15, -0.1) is 10.2 Å². The summed E-state index contributed by atoms with van der Waals surface area (Å²) in [5, 5.41) is 11.2. The Morgan fingerprint density at radius 2 is 1.80 bits per heavy atom. The van der Waals surface area contributed by atoms with Crippen molar-refractivity contribution in [2.75, 3.05) is 5.32 Å². The number of nitrogens with zero attached hydrogens (tertiary/aromatic N) is 2. The summed E-state index contributed by atoms with van der Waals surface area (Å²) >= 11 is 0. The van der Waals surface area contributed by atoms with Gasteiger partial charge < -0.3 is 14.5 Å². The second-order valence-electron chi connectivity index (χ2n) is 5.39. The first-order valence-corrected chi connectivity index (χ1v) is 6.99. The van der Waals surface area contributed by atoms with Gasteiger partial charge in [-0.1, -0.05) is 0 Å². The maximum absolute atomic E-state index is 5.75. The van der Waals surface area contributed by atoms with Gasteiger partial charge in [0.05, 0.1) is 12.2 Å². The van der Waals surface area contributed by atoms with Crippen LogP contribution in [0.5, 0.6) is 0 Å². The SMILES string of the molecule is CC1CC(Nc2ccc(-c3nnco3)cc2)CC(C)O1. The highest BCUT2D eigenvalue weighted by Gasteiger charge is 2.24. The number of nitrogens with one attached hydrogen (secondary N) is 1. The molecule has 3 rings (SSSR count). The molecule has 20 heavy (non-hydrogen) atoms. The van der Waals surface area contributed by atoms with E-state index in [1.165, 1.54) is 6.39 Å². The lowest BCUT2D eigenvalue weighted by Crippen LogP contribution is -2.36. The van der Waals surface area contributed by atoms with Crippen LogP contribution < -0.4 is 5.32 Å². The molecule has 0 saturated carbocycles. The molecule has 2 aromatic rings. The molecular formula is C15H19N3O2. The van der Waals surface area contributed by atoms with E-state index < -0.39 is 0 Å². The first kappa shape index (κ1) is 13.1. The van der Waals surface area contributed by atoms with Crippen molar-refractivity contribution in [3.8, 4) is 11.5 Å². The van der Waals surface area contributed by atoms with Crippen LogP contribution in [0.4, 0.5) is 5.69 Å². The van der Waals surface area contributed by atoms with Crippen molar-refractivity contribution < 1.29 is 9.15 Å². The van der Waals surface area contributed by atoms with Crippen LogP contribution in [0.25, 0.3) is 11.5 Å². The number of benzene rings is 1. The summed E-state index contributed by atoms with van der Waals surface area (Å²) in [5.41, 5.74) is 2.04. The number of rotatable bonds is 3. The van der Waals surface area contributed by atoms with Gasteiger partial charge in [0.1, 0.15) is 0 Å². The molecule has 5 heteroatoms. The van der Waals surface area contributed by atoms with Crippen LogP contribution in [0.3, 0.4) is 0 Å². The second kappa shape index (κ2) is 5.63. The average molecular weight is 273 g/mol. The Kier molecular flexibility index (Phi) is 3.69. The van der Waals surface area contributed by atoms with Gasteiger partial charge in [0, 0.05) is 17.3 Å². The molecule has 1 aromatic carbocycles. The maximum atomic E-state index is 5.75. The molecule has 1 aliphatic heterocycles. The van der Waals surface area contributed by atoms with Crippen molar-refractivity contribution in [2.24, 2.45) is 0 Å². The van der Waals surface area contributed by atoms with Crippen molar-refractivity contribution in [1.29, 1.82) is 0 Å². The van der Waals surface area contributed by atoms with E-state index in [0.717, 1.165) is 24.1 Å². The Balaban J connectivity index is 1.66. The molecule has 0 bridgehead atoms. The predicted octanol–water partition coefficient (Wildman–Crippen LogP) is 3.10. The van der Waals surface area contributed by atoms with Crippen LogP contribution >= 0.6 is 0 Å². The zero-order valence-corrected chi connectivity index (χ0v) is 11.7. The summed E-state index contributed by atoms with van der Waals surface area (Å²) < 4.78 is 10.9. The third kappa shape index (κ3) is 2.99. The van der Waals surface area contributed by atoms with Crippen molar-refractivity contribution >= 4 is 5.69 Å². The molecule has 2 atom stereocenters. The van der Waals surface area contributed by atoms with Crippen LogP contribution in [0.1, 0.15) is 26.7 Å². The van der Waals surface area contributed by atoms with E-state index in [2.05, 4.69) is 29.4 Å². The number of anilines is 1. The first-order chi connectivity index (χ1) is 9.70. The molecule has 1 fully saturated rings. The van der Waals surface area contributed by atoms with E-state index in [1.54, 1.807) is 0 Å². The van der Waals surface area contributed by atoms with Gasteiger partial charge >= 0.3 is 0 Å². The number of hydrogen-bond acceptors (Lipinski definition) is 5. The molecule has 0 spiro atoms. The Labute approximate surface area is 118 Å². The standard InChI is InChI=1S/C15H19N3O2/c1-10-7-14(8-11(2)20-10)17-13-5-3-12(4-6-13)15-18-16-9-19-15/h3-6,9-11,14,17H,7-8H2,1-2H3. The molecule has 1 N–H and O–H groups in total. The molecule has 2 heterocycles. The molecule has 0 radical (unpaired) electrons. The van der Waals surface area contributed by atoms with Crippen LogP contribution in [-0.2, 0) is 4.74 Å². The number of aromatic nitrogens is 2. The van der Waals surface area contributed by atoms with Crippen LogP contribution in [0.15, 0.2) is 35.1 Å². The predicted molar refractivity (Wildman–Crippen MR) is 76.4 cm³/mol. The summed E-state index contributed by atoms with van der Waals surface area (Å²) in [5.74, 6) is 0.546. The first-order valence-electron chi connectivity index (χ1n) is 6.99. The van der Waals surface area contributed by atoms with Gasteiger partial charge in [-0.25, -0.2) is 0 Å². The van der Waals surface area contributed by atoms with Crippen molar-refractivity contribution in [1.82, 2.24) is 10.2 Å². The third-order valence-electron chi connectivity index (χ3n) is 3.56. The van der Waals surface area contributed by atoms with Crippen molar-refractivity contribution in [3.63, 3.8) is 0 Å². The molecule has 5 nitrogen and oxygen atoms in total. The molecule has 0 aliphatic carbocycles. The smallest absolute Gasteiger partial charge is 0.247 e. The fourth-order valence-corrected chi connectivity index (χ4v) is 2.77. The summed E-state index contributed by atoms with van der Waals surface area (Å²) in [4.78, 5) is 0. The van der Waals surface area contributed by atoms with Crippen LogP contribution in [-0.4, -0.2) is 28.4 Å². The van der Waals surface area contributed by atoms with Gasteiger partial charge in [0.2, 0.25) is 12.3 Å². The number of hydrogen-bond donors (Lipinski definition) is 1. The highest BCUT2D eigenvalue weighted by molar-refractivity contribution is 5.58. The molecule has 0 amide bonds. The summed E-state index contributed by atoms with van der Waals surface area (Å²) in [6.45, 7) is 4.26. The Morgan fingerprint density at radius 1 is 1.10 bits per heavy atom. The molecule has 2 unspecified atom stereocenters. The van der Waals surface area contributed by atoms with E-state index in [1.807, 2.05) is 24.3 Å². The second-order valence-corrected chi connectivity index (χ2v) is 5.39. The normalized spacial score (nSPS) is 26.4. The van der Waals surface area contributed by atoms with E-state index in [9.17, 15) is 0 Å². The number of ether oxygens (including phenoxy) is 1. The zero-order valence-electron chi connectivity index (χ0n) is 11.7. The minimum absolute atomic E-state index is 0.314. The lowest BCUT2D eigenvalue weighted by Gasteiger charge is -2.33. The van der Waals surface area contributed by atoms with Crippen molar-refractivity contribution in [3.05, 3.63) is 30.7 Å². The van der Waals surface area contributed by atoms with E-state index in [0.29, 0.717) is 24.1 Å². The summed E-state index contributed by atoms with van der Waals surface area (Å²) in [6, 6.07) is 8.53. The largest absolute Gasteiger partial charge is 0.423 e. The Hall–Kier alpha value is -1.88. The quantitative estimate of drug-likeness (QED) is 0.931. The Morgan fingerprint density at radius 3 is 2.40 bits per heavy atom. The van der Waals surface area contributed by atoms with Gasteiger partial charge in [-0.3, -0.25) is 0 Å². The fraction of sp³-hybridized carbons (Fsp3) is 0.467. The summed E-state index contributed by atoms with van der Waals surface area (Å²) in [7, 11) is 0. The highest BCUT2D eigenvalue weighted by Crippen LogP contribution is 2.24. The third-order valence-corrected chi connectivity index (χ3v) is 3.56. The van der Waals surface area contributed by atoms with Crippen LogP contribution in [0, 0.1) is 0 Å². The van der Waals surface area contributed by atoms with Gasteiger partial charge in [0.25, 0.3) is 0 Å². The Bertz CT molecular complexity index is 529. The maximum Gasteiger partial charge on any atom is 0.247 e. The van der Waals surface area contributed by atoms with Gasteiger partial charge in [-0.2, -0.15) is 0 Å². The van der Waals surface area contributed by atoms with Crippen molar-refractivity contribution in [2.45, 2.75) is 44.9 Å². The average Bonchev–Trinajstić information content (AvgIpc) is 2.92. The molecule has 1 aliphatic rings. The van der Waals surface area contributed by atoms with E-state index in [-0.39, 0.29) is 0 Å². The van der Waals surface area contributed by atoms with E-state index in [4.69, 9.17) is 9.15 Å². The monoisotopic (exact) mass is 273 g/mol. The molecule has 1 saturated heterocycles. The molecule has 106 valence electrons. The minimum Gasteiger partial charge on any atom is -0.423 e. The topological polar surface area (TPSA) is 60.2 Å². The molecule has 1 aromatic heterocycles. The zero-order chi connectivity index (χ0) is 13.9. The summed E-state index contributed by atoms with van der Waals surface area (Å²) in [6.07, 6.45) is 4.04. The lowest BCUT2D eigenvalue weighted by molar-refractivity contribution is -0.0337. The van der Waals surface area contributed by atoms with E-state index >= 15 is 0 Å². The minimum atomic E-state index is 0.314. The lowest BCUT2D eigenvalue weighted by atomic mass is 9.99. The van der Waals surface area contributed by atoms with Crippen LogP contribution in [0.2, 0.25) is 0 Å².